The van der Waals surface area contributed by atoms with E-state index in [-0.39, 0.29) is 24.0 Å². The van der Waals surface area contributed by atoms with Gasteiger partial charge in [-0.2, -0.15) is 0 Å². The van der Waals surface area contributed by atoms with Crippen LogP contribution in [0.15, 0.2) is 4.99 Å². The molecular formula is C20H38IN7. The van der Waals surface area contributed by atoms with Crippen LogP contribution in [0.2, 0.25) is 0 Å². The normalized spacial score (nSPS) is 21.6. The second-order valence-electron chi connectivity index (χ2n) is 8.15. The predicted molar refractivity (Wildman–Crippen MR) is 125 cm³/mol. The first-order valence-corrected chi connectivity index (χ1v) is 10.7. The fourth-order valence-electron chi connectivity index (χ4n) is 4.36. The minimum absolute atomic E-state index is 0. The van der Waals surface area contributed by atoms with E-state index in [1.807, 2.05) is 18.5 Å². The maximum absolute atomic E-state index is 4.94. The molecule has 2 aliphatic rings. The van der Waals surface area contributed by atoms with Crippen LogP contribution in [0.25, 0.3) is 0 Å². The van der Waals surface area contributed by atoms with Crippen LogP contribution in [0, 0.1) is 6.92 Å². The average molecular weight is 503 g/mol. The molecule has 0 bridgehead atoms. The highest BCUT2D eigenvalue weighted by Gasteiger charge is 2.26. The minimum Gasteiger partial charge on any atom is -0.354 e. The summed E-state index contributed by atoms with van der Waals surface area (Å²) in [6.45, 7) is 8.22. The molecule has 1 aromatic heterocycles. The molecule has 1 saturated carbocycles. The summed E-state index contributed by atoms with van der Waals surface area (Å²) in [5.41, 5.74) is 0. The topological polar surface area (TPSA) is 61.6 Å². The molecule has 1 atom stereocenters. The molecule has 0 radical (unpaired) electrons. The number of hydrogen-bond acceptors (Lipinski definition) is 4. The molecule has 1 saturated heterocycles. The number of rotatable bonds is 6. The van der Waals surface area contributed by atoms with Crippen LogP contribution < -0.4 is 5.32 Å². The van der Waals surface area contributed by atoms with Gasteiger partial charge in [-0.1, -0.05) is 26.2 Å². The molecule has 1 aliphatic heterocycles. The summed E-state index contributed by atoms with van der Waals surface area (Å²) < 4.78 is 2.03. The summed E-state index contributed by atoms with van der Waals surface area (Å²) >= 11 is 0. The van der Waals surface area contributed by atoms with Crippen LogP contribution in [0.3, 0.4) is 0 Å². The first-order chi connectivity index (χ1) is 13.1. The van der Waals surface area contributed by atoms with Crippen molar-refractivity contribution in [1.29, 1.82) is 0 Å². The van der Waals surface area contributed by atoms with Crippen LogP contribution in [0.5, 0.6) is 0 Å². The number of nitrogens with zero attached hydrogens (tertiary/aromatic N) is 6. The van der Waals surface area contributed by atoms with E-state index in [1.54, 1.807) is 0 Å². The molecule has 1 aromatic rings. The van der Waals surface area contributed by atoms with Crippen LogP contribution in [0.1, 0.15) is 63.5 Å². The van der Waals surface area contributed by atoms with Crippen LogP contribution in [-0.2, 0) is 13.6 Å². The van der Waals surface area contributed by atoms with E-state index in [0.717, 1.165) is 30.7 Å². The van der Waals surface area contributed by atoms with E-state index in [9.17, 15) is 0 Å². The summed E-state index contributed by atoms with van der Waals surface area (Å²) in [5.74, 6) is 2.87. The van der Waals surface area contributed by atoms with Gasteiger partial charge < -0.3 is 14.8 Å². The Morgan fingerprint density at radius 1 is 1.18 bits per heavy atom. The van der Waals surface area contributed by atoms with Gasteiger partial charge in [0.15, 0.2) is 11.8 Å². The maximum atomic E-state index is 4.94. The molecule has 160 valence electrons. The third-order valence-electron chi connectivity index (χ3n) is 6.24. The van der Waals surface area contributed by atoms with Crippen LogP contribution in [-0.4, -0.2) is 69.3 Å². The molecule has 0 amide bonds. The number of likely N-dealkylation sites (N-methyl/N-ethyl adjacent to an activating group) is 2. The number of likely N-dealkylation sites (tertiary alicyclic amines) is 1. The molecular weight excluding hydrogens is 465 g/mol. The van der Waals surface area contributed by atoms with Gasteiger partial charge in [0.1, 0.15) is 12.4 Å². The monoisotopic (exact) mass is 503 g/mol. The Kier molecular flexibility index (Phi) is 9.46. The van der Waals surface area contributed by atoms with Crippen molar-refractivity contribution < 1.29 is 0 Å². The number of nitrogens with one attached hydrogen (secondary N) is 1. The predicted octanol–water partition coefficient (Wildman–Crippen LogP) is 2.94. The Morgan fingerprint density at radius 2 is 1.93 bits per heavy atom. The highest BCUT2D eigenvalue weighted by atomic mass is 127. The molecule has 1 aliphatic carbocycles. The van der Waals surface area contributed by atoms with Crippen LogP contribution in [0.4, 0.5) is 0 Å². The quantitative estimate of drug-likeness (QED) is 0.368. The summed E-state index contributed by atoms with van der Waals surface area (Å²) in [6, 6.07) is 1.18. The highest BCUT2D eigenvalue weighted by molar-refractivity contribution is 14.0. The van der Waals surface area contributed by atoms with Gasteiger partial charge in [0.2, 0.25) is 0 Å². The van der Waals surface area contributed by atoms with E-state index in [0.29, 0.717) is 18.6 Å². The lowest BCUT2D eigenvalue weighted by Crippen LogP contribution is -2.49. The van der Waals surface area contributed by atoms with Crippen molar-refractivity contribution in [2.45, 2.75) is 77.4 Å². The minimum atomic E-state index is 0. The molecule has 28 heavy (non-hydrogen) atoms. The van der Waals surface area contributed by atoms with Crippen molar-refractivity contribution >= 4 is 29.9 Å². The summed E-state index contributed by atoms with van der Waals surface area (Å²) in [5, 5.41) is 12.2. The zero-order valence-electron chi connectivity index (χ0n) is 18.0. The maximum Gasteiger partial charge on any atom is 0.194 e. The second kappa shape index (κ2) is 11.3. The molecule has 2 heterocycles. The van der Waals surface area contributed by atoms with Gasteiger partial charge in [-0.05, 0) is 45.7 Å². The smallest absolute Gasteiger partial charge is 0.194 e. The Hall–Kier alpha value is -0.900. The largest absolute Gasteiger partial charge is 0.354 e. The molecule has 8 heteroatoms. The van der Waals surface area contributed by atoms with Crippen molar-refractivity contribution in [2.24, 2.45) is 12.0 Å². The number of guanidine groups is 1. The van der Waals surface area contributed by atoms with Gasteiger partial charge in [0, 0.05) is 32.7 Å². The average Bonchev–Trinajstić information content (AvgIpc) is 3.26. The zero-order valence-corrected chi connectivity index (χ0v) is 20.4. The Labute approximate surface area is 187 Å². The summed E-state index contributed by atoms with van der Waals surface area (Å²) in [6.07, 6.45) is 9.12. The van der Waals surface area contributed by atoms with Crippen molar-refractivity contribution in [3.63, 3.8) is 0 Å². The fraction of sp³-hybridized carbons (Fsp3) is 0.850. The molecule has 3 rings (SSSR count). The van der Waals surface area contributed by atoms with Crippen molar-refractivity contribution in [2.75, 3.05) is 26.7 Å². The SMILES string of the molecule is CCN1CCCC1CN(C)C(=NCc1nnc(C)n1C)NC1CCCCC1.I. The van der Waals surface area contributed by atoms with E-state index in [4.69, 9.17) is 4.99 Å². The second-order valence-corrected chi connectivity index (χ2v) is 8.15. The Morgan fingerprint density at radius 3 is 2.57 bits per heavy atom. The molecule has 1 unspecified atom stereocenters. The van der Waals surface area contributed by atoms with Gasteiger partial charge in [-0.25, -0.2) is 4.99 Å². The van der Waals surface area contributed by atoms with E-state index < -0.39 is 0 Å². The van der Waals surface area contributed by atoms with E-state index in [1.165, 1.54) is 51.5 Å². The molecule has 2 fully saturated rings. The molecule has 0 aromatic carbocycles. The van der Waals surface area contributed by atoms with Gasteiger partial charge in [0.05, 0.1) is 0 Å². The number of aryl methyl sites for hydroxylation is 1. The first kappa shape index (κ1) is 23.4. The number of halogens is 1. The first-order valence-electron chi connectivity index (χ1n) is 10.7. The lowest BCUT2D eigenvalue weighted by Gasteiger charge is -2.32. The third-order valence-corrected chi connectivity index (χ3v) is 6.24. The molecule has 0 spiro atoms. The lowest BCUT2D eigenvalue weighted by atomic mass is 9.96. The molecule has 7 nitrogen and oxygen atoms in total. The van der Waals surface area contributed by atoms with Crippen LogP contribution >= 0.6 is 24.0 Å². The Bertz CT molecular complexity index is 624. The zero-order chi connectivity index (χ0) is 19.2. The standard InChI is InChI=1S/C20H37N7.HI/c1-5-27-13-9-12-18(27)15-25(3)20(22-17-10-7-6-8-11-17)21-14-19-24-23-16(2)26(19)4;/h17-18H,5-15H2,1-4H3,(H,21,22);1H. The number of hydrogen-bond donors (Lipinski definition) is 1. The van der Waals surface area contributed by atoms with Crippen molar-refractivity contribution in [3.8, 4) is 0 Å². The van der Waals surface area contributed by atoms with Crippen molar-refractivity contribution in [1.82, 2.24) is 29.9 Å². The van der Waals surface area contributed by atoms with E-state index >= 15 is 0 Å². The van der Waals surface area contributed by atoms with Gasteiger partial charge in [0.25, 0.3) is 0 Å². The fourth-order valence-corrected chi connectivity index (χ4v) is 4.36. The van der Waals surface area contributed by atoms with Gasteiger partial charge >= 0.3 is 0 Å². The summed E-state index contributed by atoms with van der Waals surface area (Å²) in [4.78, 5) is 9.87. The van der Waals surface area contributed by atoms with Gasteiger partial charge in [-0.15, -0.1) is 34.2 Å². The third kappa shape index (κ3) is 6.05. The Balaban J connectivity index is 0.00000280. The lowest BCUT2D eigenvalue weighted by molar-refractivity contribution is 0.231. The summed E-state index contributed by atoms with van der Waals surface area (Å²) in [7, 11) is 4.19. The van der Waals surface area contributed by atoms with E-state index in [2.05, 4.69) is 39.3 Å². The highest BCUT2D eigenvalue weighted by Crippen LogP contribution is 2.19. The van der Waals surface area contributed by atoms with Gasteiger partial charge in [-0.3, -0.25) is 4.90 Å². The molecule has 1 N–H and O–H groups in total. The number of aliphatic imine (C=N–C) groups is 1. The number of aromatic nitrogens is 3. The van der Waals surface area contributed by atoms with Crippen molar-refractivity contribution in [3.05, 3.63) is 11.6 Å².